The van der Waals surface area contributed by atoms with Gasteiger partial charge in [-0.05, 0) is 30.5 Å². The van der Waals surface area contributed by atoms with Crippen molar-refractivity contribution < 1.29 is 4.79 Å². The Balaban J connectivity index is 1.39. The van der Waals surface area contributed by atoms with E-state index in [1.807, 2.05) is 4.90 Å². The van der Waals surface area contributed by atoms with E-state index >= 15 is 0 Å². The Bertz CT molecular complexity index is 794. The highest BCUT2D eigenvalue weighted by Gasteiger charge is 2.29. The number of halogens is 2. The molecule has 8 heteroatoms. The molecule has 138 valence electrons. The average molecular weight is 394 g/mol. The molecule has 2 aliphatic heterocycles. The Morgan fingerprint density at radius 3 is 2.62 bits per heavy atom. The molecule has 3 heterocycles. The second-order valence-electron chi connectivity index (χ2n) is 6.83. The van der Waals surface area contributed by atoms with Crippen molar-refractivity contribution in [3.8, 4) is 0 Å². The molecule has 1 aromatic heterocycles. The first-order valence-electron chi connectivity index (χ1n) is 8.97. The van der Waals surface area contributed by atoms with Gasteiger partial charge in [0.2, 0.25) is 5.91 Å². The number of rotatable bonds is 3. The third-order valence-corrected chi connectivity index (χ3v) is 5.96. The Kier molecular flexibility index (Phi) is 5.16. The van der Waals surface area contributed by atoms with Crippen LogP contribution in [-0.4, -0.2) is 45.2 Å². The van der Waals surface area contributed by atoms with Gasteiger partial charge in [-0.3, -0.25) is 4.79 Å². The highest BCUT2D eigenvalue weighted by molar-refractivity contribution is 6.36. The summed E-state index contributed by atoms with van der Waals surface area (Å²) in [6.45, 7) is 4.11. The van der Waals surface area contributed by atoms with Gasteiger partial charge in [0, 0.05) is 42.1 Å². The van der Waals surface area contributed by atoms with Crippen LogP contribution in [0, 0.1) is 0 Å². The molecule has 4 rings (SSSR count). The first-order valence-corrected chi connectivity index (χ1v) is 9.72. The standard InChI is InChI=1S/C18H21Cl2N5O/c19-14-2-1-3-15(20)13(14)10-17(26)24-7-4-12(5-8-24)18-23-22-16-11-21-6-9-25(16)18/h1-3,12,21H,4-11H2. The number of nitrogens with zero attached hydrogens (tertiary/aromatic N) is 4. The molecule has 26 heavy (non-hydrogen) atoms. The van der Waals surface area contributed by atoms with Crippen LogP contribution >= 0.6 is 23.2 Å². The first-order chi connectivity index (χ1) is 12.6. The summed E-state index contributed by atoms with van der Waals surface area (Å²) in [5.74, 6) is 2.52. The van der Waals surface area contributed by atoms with Crippen LogP contribution in [0.3, 0.4) is 0 Å². The predicted molar refractivity (Wildman–Crippen MR) is 100 cm³/mol. The first kappa shape index (κ1) is 17.8. The van der Waals surface area contributed by atoms with Crippen molar-refractivity contribution in [1.82, 2.24) is 25.0 Å². The van der Waals surface area contributed by atoms with E-state index in [4.69, 9.17) is 23.2 Å². The summed E-state index contributed by atoms with van der Waals surface area (Å²) in [6, 6.07) is 5.33. The third-order valence-electron chi connectivity index (χ3n) is 5.25. The van der Waals surface area contributed by atoms with Crippen molar-refractivity contribution in [2.75, 3.05) is 19.6 Å². The van der Waals surface area contributed by atoms with Crippen LogP contribution in [0.15, 0.2) is 18.2 Å². The van der Waals surface area contributed by atoms with Crippen LogP contribution in [-0.2, 0) is 24.3 Å². The zero-order valence-corrected chi connectivity index (χ0v) is 15.9. The van der Waals surface area contributed by atoms with Crippen LogP contribution in [0.2, 0.25) is 10.0 Å². The van der Waals surface area contributed by atoms with Gasteiger partial charge in [-0.25, -0.2) is 0 Å². The lowest BCUT2D eigenvalue weighted by atomic mass is 9.95. The molecule has 0 bridgehead atoms. The number of benzene rings is 1. The molecule has 1 fully saturated rings. The van der Waals surface area contributed by atoms with Crippen molar-refractivity contribution in [3.63, 3.8) is 0 Å². The van der Waals surface area contributed by atoms with Gasteiger partial charge in [0.25, 0.3) is 0 Å². The maximum atomic E-state index is 12.7. The lowest BCUT2D eigenvalue weighted by Gasteiger charge is -2.32. The van der Waals surface area contributed by atoms with E-state index in [0.29, 0.717) is 21.5 Å². The SMILES string of the molecule is O=C(Cc1c(Cl)cccc1Cl)N1CCC(c2nnc3n2CCNC3)CC1. The van der Waals surface area contributed by atoms with Crippen molar-refractivity contribution >= 4 is 29.1 Å². The Morgan fingerprint density at radius 2 is 1.88 bits per heavy atom. The molecule has 2 aromatic rings. The molecule has 1 amide bonds. The van der Waals surface area contributed by atoms with Gasteiger partial charge in [-0.2, -0.15) is 0 Å². The fraction of sp³-hybridized carbons (Fsp3) is 0.500. The third kappa shape index (κ3) is 3.46. The summed E-state index contributed by atoms with van der Waals surface area (Å²) in [7, 11) is 0. The number of fused-ring (bicyclic) bond motifs is 1. The minimum absolute atomic E-state index is 0.0749. The number of likely N-dealkylation sites (tertiary alicyclic amines) is 1. The van der Waals surface area contributed by atoms with E-state index in [2.05, 4.69) is 20.1 Å². The fourth-order valence-electron chi connectivity index (χ4n) is 3.77. The molecule has 0 unspecified atom stereocenters. The summed E-state index contributed by atoms with van der Waals surface area (Å²) < 4.78 is 2.24. The number of carbonyl (C=O) groups excluding carboxylic acids is 1. The van der Waals surface area contributed by atoms with Crippen molar-refractivity contribution in [2.24, 2.45) is 0 Å². The van der Waals surface area contributed by atoms with E-state index in [-0.39, 0.29) is 12.3 Å². The Morgan fingerprint density at radius 1 is 1.15 bits per heavy atom. The summed E-state index contributed by atoms with van der Waals surface area (Å²) >= 11 is 12.4. The molecule has 6 nitrogen and oxygen atoms in total. The second kappa shape index (κ2) is 7.55. The summed E-state index contributed by atoms with van der Waals surface area (Å²) in [5.41, 5.74) is 0.710. The van der Waals surface area contributed by atoms with Crippen LogP contribution in [0.5, 0.6) is 0 Å². The van der Waals surface area contributed by atoms with Crippen LogP contribution in [0.1, 0.15) is 36.0 Å². The minimum atomic E-state index is 0.0749. The van der Waals surface area contributed by atoms with Gasteiger partial charge in [0.1, 0.15) is 11.6 Å². The maximum absolute atomic E-state index is 12.7. The van der Waals surface area contributed by atoms with Crippen molar-refractivity contribution in [2.45, 2.75) is 38.3 Å². The molecule has 2 aliphatic rings. The van der Waals surface area contributed by atoms with Crippen LogP contribution in [0.4, 0.5) is 0 Å². The summed E-state index contributed by atoms with van der Waals surface area (Å²) in [4.78, 5) is 14.6. The van der Waals surface area contributed by atoms with Crippen LogP contribution in [0.25, 0.3) is 0 Å². The summed E-state index contributed by atoms with van der Waals surface area (Å²) in [6.07, 6.45) is 2.07. The van der Waals surface area contributed by atoms with E-state index in [9.17, 15) is 4.79 Å². The zero-order chi connectivity index (χ0) is 18.1. The number of carbonyl (C=O) groups is 1. The molecule has 0 saturated carbocycles. The number of hydrogen-bond acceptors (Lipinski definition) is 4. The molecular weight excluding hydrogens is 373 g/mol. The van der Waals surface area contributed by atoms with Crippen molar-refractivity contribution in [3.05, 3.63) is 45.5 Å². The maximum Gasteiger partial charge on any atom is 0.227 e. The highest BCUT2D eigenvalue weighted by atomic mass is 35.5. The zero-order valence-electron chi connectivity index (χ0n) is 14.4. The topological polar surface area (TPSA) is 63.1 Å². The monoisotopic (exact) mass is 393 g/mol. The van der Waals surface area contributed by atoms with E-state index < -0.39 is 0 Å². The van der Waals surface area contributed by atoms with Gasteiger partial charge >= 0.3 is 0 Å². The van der Waals surface area contributed by atoms with Gasteiger partial charge < -0.3 is 14.8 Å². The largest absolute Gasteiger partial charge is 0.342 e. The number of amides is 1. The van der Waals surface area contributed by atoms with Crippen LogP contribution < -0.4 is 5.32 Å². The number of piperidine rings is 1. The van der Waals surface area contributed by atoms with E-state index in [1.54, 1.807) is 18.2 Å². The Labute approximate surface area is 162 Å². The quantitative estimate of drug-likeness (QED) is 0.870. The molecule has 0 aliphatic carbocycles. The normalized spacial score (nSPS) is 18.0. The van der Waals surface area contributed by atoms with Gasteiger partial charge in [0.05, 0.1) is 13.0 Å². The molecule has 1 aromatic carbocycles. The van der Waals surface area contributed by atoms with Gasteiger partial charge in [-0.1, -0.05) is 29.3 Å². The van der Waals surface area contributed by atoms with Gasteiger partial charge in [-0.15, -0.1) is 10.2 Å². The molecular formula is C18H21Cl2N5O. The number of nitrogens with one attached hydrogen (secondary N) is 1. The minimum Gasteiger partial charge on any atom is -0.342 e. The lowest BCUT2D eigenvalue weighted by Crippen LogP contribution is -2.39. The van der Waals surface area contributed by atoms with E-state index in [1.165, 1.54) is 0 Å². The highest BCUT2D eigenvalue weighted by Crippen LogP contribution is 2.29. The average Bonchev–Trinajstić information content (AvgIpc) is 3.09. The van der Waals surface area contributed by atoms with Gasteiger partial charge in [0.15, 0.2) is 0 Å². The number of aromatic nitrogens is 3. The second-order valence-corrected chi connectivity index (χ2v) is 7.65. The summed E-state index contributed by atoms with van der Waals surface area (Å²) in [5, 5.41) is 13.1. The van der Waals surface area contributed by atoms with Crippen molar-refractivity contribution in [1.29, 1.82) is 0 Å². The fourth-order valence-corrected chi connectivity index (χ4v) is 4.30. The molecule has 1 N–H and O–H groups in total. The molecule has 0 radical (unpaired) electrons. The number of hydrogen-bond donors (Lipinski definition) is 1. The predicted octanol–water partition coefficient (Wildman–Crippen LogP) is 2.64. The molecule has 0 atom stereocenters. The lowest BCUT2D eigenvalue weighted by molar-refractivity contribution is -0.131. The van der Waals surface area contributed by atoms with E-state index in [0.717, 1.165) is 57.2 Å². The Hall–Kier alpha value is -1.63. The molecule has 0 spiro atoms. The molecule has 1 saturated heterocycles. The smallest absolute Gasteiger partial charge is 0.227 e.